The molecule has 0 aliphatic heterocycles. The molecule has 0 bridgehead atoms. The molecule has 0 saturated carbocycles. The lowest BCUT2D eigenvalue weighted by Gasteiger charge is -2.04. The van der Waals surface area contributed by atoms with Crippen molar-refractivity contribution in [3.05, 3.63) is 48.0 Å². The molecular weight excluding hydrogens is 312 g/mol. The summed E-state index contributed by atoms with van der Waals surface area (Å²) in [5, 5.41) is 2.69. The first-order valence-corrected chi connectivity index (χ1v) is 7.97. The molecule has 1 amide bonds. The molecule has 1 aromatic heterocycles. The summed E-state index contributed by atoms with van der Waals surface area (Å²) < 4.78 is 5.81. The van der Waals surface area contributed by atoms with E-state index in [-0.39, 0.29) is 11.8 Å². The Hall–Kier alpha value is -2.33. The second-order valence-electron chi connectivity index (χ2n) is 5.66. The van der Waals surface area contributed by atoms with Crippen LogP contribution >= 0.6 is 11.6 Å². The molecule has 0 radical (unpaired) electrons. The molecule has 23 heavy (non-hydrogen) atoms. The summed E-state index contributed by atoms with van der Waals surface area (Å²) in [7, 11) is 0. The van der Waals surface area contributed by atoms with Crippen molar-refractivity contribution >= 4 is 34.3 Å². The zero-order valence-corrected chi connectivity index (χ0v) is 13.7. The van der Waals surface area contributed by atoms with E-state index in [1.165, 1.54) is 5.56 Å². The Balaban J connectivity index is 1.91. The van der Waals surface area contributed by atoms with Crippen LogP contribution < -0.4 is 5.32 Å². The summed E-state index contributed by atoms with van der Waals surface area (Å²) in [5.74, 6) is 0.717. The molecular formula is C18H17ClN2O2. The minimum absolute atomic E-state index is 0.0815. The number of oxazole rings is 1. The Kier molecular flexibility index (Phi) is 4.35. The van der Waals surface area contributed by atoms with Crippen molar-refractivity contribution in [1.82, 2.24) is 4.98 Å². The summed E-state index contributed by atoms with van der Waals surface area (Å²) in [6.07, 6.45) is 0. The fourth-order valence-corrected chi connectivity index (χ4v) is 2.40. The largest absolute Gasteiger partial charge is 0.436 e. The predicted molar refractivity (Wildman–Crippen MR) is 92.9 cm³/mol. The smallest absolute Gasteiger partial charge is 0.239 e. The van der Waals surface area contributed by atoms with Gasteiger partial charge in [0.05, 0.1) is 0 Å². The van der Waals surface area contributed by atoms with Crippen LogP contribution in [0.25, 0.3) is 22.6 Å². The van der Waals surface area contributed by atoms with Gasteiger partial charge in [0, 0.05) is 17.3 Å². The van der Waals surface area contributed by atoms with E-state index in [4.69, 9.17) is 16.0 Å². The molecule has 0 spiro atoms. The third kappa shape index (κ3) is 3.37. The van der Waals surface area contributed by atoms with Gasteiger partial charge in [0.1, 0.15) is 11.4 Å². The zero-order chi connectivity index (χ0) is 16.4. The molecule has 3 aromatic rings. The second-order valence-corrected chi connectivity index (χ2v) is 5.93. The van der Waals surface area contributed by atoms with Crippen molar-refractivity contribution in [1.29, 1.82) is 0 Å². The lowest BCUT2D eigenvalue weighted by Crippen LogP contribution is -2.12. The number of amides is 1. The third-order valence-corrected chi connectivity index (χ3v) is 3.86. The van der Waals surface area contributed by atoms with Gasteiger partial charge in [0.2, 0.25) is 11.8 Å². The van der Waals surface area contributed by atoms with Crippen LogP contribution in [0.1, 0.15) is 25.3 Å². The van der Waals surface area contributed by atoms with Crippen molar-refractivity contribution < 1.29 is 9.21 Å². The molecule has 1 N–H and O–H groups in total. The molecule has 2 aromatic carbocycles. The Labute approximate surface area is 139 Å². The van der Waals surface area contributed by atoms with Crippen LogP contribution in [0, 0.1) is 0 Å². The van der Waals surface area contributed by atoms with Crippen LogP contribution in [-0.2, 0) is 4.79 Å². The summed E-state index contributed by atoms with van der Waals surface area (Å²) in [6, 6.07) is 13.5. The highest BCUT2D eigenvalue weighted by atomic mass is 35.5. The highest BCUT2D eigenvalue weighted by Crippen LogP contribution is 2.27. The monoisotopic (exact) mass is 328 g/mol. The number of carbonyl (C=O) groups is 1. The number of rotatable bonds is 4. The van der Waals surface area contributed by atoms with Crippen LogP contribution in [0.15, 0.2) is 46.9 Å². The summed E-state index contributed by atoms with van der Waals surface area (Å²) in [6.45, 7) is 4.32. The average molecular weight is 329 g/mol. The standard InChI is InChI=1S/C18H17ClN2O2/c1-11(2)12-3-5-13(6-4-12)18-21-15-8-7-14(9-16(15)23-18)20-17(22)10-19/h3-9,11H,10H2,1-2H3,(H,20,22). The number of carbonyl (C=O) groups excluding carboxylic acids is 1. The van der Waals surface area contributed by atoms with Gasteiger partial charge in [-0.15, -0.1) is 11.6 Å². The number of aromatic nitrogens is 1. The Morgan fingerprint density at radius 2 is 1.96 bits per heavy atom. The van der Waals surface area contributed by atoms with E-state index in [1.54, 1.807) is 12.1 Å². The fourth-order valence-electron chi connectivity index (χ4n) is 2.33. The zero-order valence-electron chi connectivity index (χ0n) is 13.0. The maximum absolute atomic E-state index is 11.3. The summed E-state index contributed by atoms with van der Waals surface area (Å²) in [5.41, 5.74) is 4.21. The minimum Gasteiger partial charge on any atom is -0.436 e. The van der Waals surface area contributed by atoms with Crippen LogP contribution in [-0.4, -0.2) is 16.8 Å². The highest BCUT2D eigenvalue weighted by molar-refractivity contribution is 6.29. The highest BCUT2D eigenvalue weighted by Gasteiger charge is 2.10. The summed E-state index contributed by atoms with van der Waals surface area (Å²) in [4.78, 5) is 15.8. The fraction of sp³-hybridized carbons (Fsp3) is 0.222. The normalized spacial score (nSPS) is 11.1. The molecule has 0 aliphatic rings. The molecule has 0 saturated heterocycles. The maximum Gasteiger partial charge on any atom is 0.239 e. The minimum atomic E-state index is -0.255. The maximum atomic E-state index is 11.3. The van der Waals surface area contributed by atoms with Gasteiger partial charge in [0.15, 0.2) is 5.58 Å². The predicted octanol–water partition coefficient (Wildman–Crippen LogP) is 4.80. The van der Waals surface area contributed by atoms with E-state index in [0.717, 1.165) is 11.1 Å². The number of fused-ring (bicyclic) bond motifs is 1. The number of alkyl halides is 1. The first kappa shape index (κ1) is 15.6. The molecule has 118 valence electrons. The number of anilines is 1. The van der Waals surface area contributed by atoms with Gasteiger partial charge >= 0.3 is 0 Å². The molecule has 0 unspecified atom stereocenters. The van der Waals surface area contributed by atoms with Crippen LogP contribution in [0.3, 0.4) is 0 Å². The Morgan fingerprint density at radius 1 is 1.22 bits per heavy atom. The van der Waals surface area contributed by atoms with E-state index >= 15 is 0 Å². The second kappa shape index (κ2) is 6.42. The van der Waals surface area contributed by atoms with Gasteiger partial charge in [-0.2, -0.15) is 0 Å². The number of hydrogen-bond donors (Lipinski definition) is 1. The van der Waals surface area contributed by atoms with Crippen LogP contribution in [0.4, 0.5) is 5.69 Å². The lowest BCUT2D eigenvalue weighted by molar-refractivity contribution is -0.113. The van der Waals surface area contributed by atoms with Gasteiger partial charge < -0.3 is 9.73 Å². The van der Waals surface area contributed by atoms with Crippen molar-refractivity contribution in [2.45, 2.75) is 19.8 Å². The van der Waals surface area contributed by atoms with E-state index in [0.29, 0.717) is 23.1 Å². The topological polar surface area (TPSA) is 55.1 Å². The van der Waals surface area contributed by atoms with Crippen LogP contribution in [0.5, 0.6) is 0 Å². The summed E-state index contributed by atoms with van der Waals surface area (Å²) >= 11 is 5.49. The molecule has 1 heterocycles. The van der Waals surface area contributed by atoms with Gasteiger partial charge in [-0.3, -0.25) is 4.79 Å². The van der Waals surface area contributed by atoms with Crippen molar-refractivity contribution in [3.8, 4) is 11.5 Å². The van der Waals surface area contributed by atoms with E-state index in [2.05, 4.69) is 36.3 Å². The molecule has 3 rings (SSSR count). The number of nitrogens with zero attached hydrogens (tertiary/aromatic N) is 1. The van der Waals surface area contributed by atoms with Gasteiger partial charge in [-0.1, -0.05) is 26.0 Å². The molecule has 0 fully saturated rings. The average Bonchev–Trinajstić information content (AvgIpc) is 2.98. The number of benzene rings is 2. The quantitative estimate of drug-likeness (QED) is 0.700. The van der Waals surface area contributed by atoms with Gasteiger partial charge in [-0.25, -0.2) is 4.98 Å². The number of halogens is 1. The first-order valence-electron chi connectivity index (χ1n) is 7.43. The van der Waals surface area contributed by atoms with Gasteiger partial charge in [-0.05, 0) is 35.7 Å². The van der Waals surface area contributed by atoms with Crippen molar-refractivity contribution in [2.75, 3.05) is 11.2 Å². The van der Waals surface area contributed by atoms with E-state index in [1.807, 2.05) is 18.2 Å². The molecule has 5 heteroatoms. The number of nitrogens with one attached hydrogen (secondary N) is 1. The SMILES string of the molecule is CC(C)c1ccc(-c2nc3ccc(NC(=O)CCl)cc3o2)cc1. The van der Waals surface area contributed by atoms with Crippen molar-refractivity contribution in [2.24, 2.45) is 0 Å². The third-order valence-electron chi connectivity index (χ3n) is 3.62. The Bertz CT molecular complexity index is 838. The van der Waals surface area contributed by atoms with E-state index in [9.17, 15) is 4.79 Å². The number of hydrogen-bond acceptors (Lipinski definition) is 3. The van der Waals surface area contributed by atoms with Gasteiger partial charge in [0.25, 0.3) is 0 Å². The Morgan fingerprint density at radius 3 is 2.61 bits per heavy atom. The van der Waals surface area contributed by atoms with Crippen molar-refractivity contribution in [3.63, 3.8) is 0 Å². The molecule has 4 nitrogen and oxygen atoms in total. The molecule has 0 atom stereocenters. The molecule has 0 aliphatic carbocycles. The first-order chi connectivity index (χ1) is 11.1. The van der Waals surface area contributed by atoms with E-state index < -0.39 is 0 Å². The lowest BCUT2D eigenvalue weighted by atomic mass is 10.0. The van der Waals surface area contributed by atoms with Crippen LogP contribution in [0.2, 0.25) is 0 Å².